The molecule has 0 amide bonds. The summed E-state index contributed by atoms with van der Waals surface area (Å²) in [6.45, 7) is 1.55. The minimum atomic E-state index is 0.523. The number of nitrogens with zero attached hydrogens (tertiary/aromatic N) is 2. The van der Waals surface area contributed by atoms with Crippen molar-refractivity contribution >= 4 is 26.8 Å². The van der Waals surface area contributed by atoms with Crippen molar-refractivity contribution in [3.05, 3.63) is 76.6 Å². The summed E-state index contributed by atoms with van der Waals surface area (Å²) < 4.78 is 11.9. The van der Waals surface area contributed by atoms with Crippen molar-refractivity contribution in [2.24, 2.45) is 0 Å². The van der Waals surface area contributed by atoms with Gasteiger partial charge < -0.3 is 14.5 Å². The summed E-state index contributed by atoms with van der Waals surface area (Å²) in [4.78, 5) is 9.08. The van der Waals surface area contributed by atoms with E-state index in [9.17, 15) is 0 Å². The maximum Gasteiger partial charge on any atom is 0.245 e. The summed E-state index contributed by atoms with van der Waals surface area (Å²) in [6.07, 6.45) is 4.16. The number of methoxy groups -OCH3 is 1. The molecule has 0 saturated heterocycles. The third-order valence-corrected chi connectivity index (χ3v) is 5.09. The number of rotatable bonds is 7. The van der Waals surface area contributed by atoms with Gasteiger partial charge in [-0.1, -0.05) is 28.1 Å². The Labute approximate surface area is 171 Å². The van der Waals surface area contributed by atoms with E-state index in [0.717, 1.165) is 45.3 Å². The first kappa shape index (κ1) is 18.7. The lowest BCUT2D eigenvalue weighted by Crippen LogP contribution is -2.17. The number of ether oxygens (including phenoxy) is 1. The maximum absolute atomic E-state index is 5.52. The van der Waals surface area contributed by atoms with Crippen LogP contribution in [0.15, 0.2) is 69.9 Å². The van der Waals surface area contributed by atoms with E-state index in [1.165, 1.54) is 5.56 Å². The second-order valence-corrected chi connectivity index (χ2v) is 7.36. The lowest BCUT2D eigenvalue weighted by molar-refractivity contribution is 0.415. The molecule has 0 spiro atoms. The fourth-order valence-electron chi connectivity index (χ4n) is 3.08. The molecule has 0 bridgehead atoms. The number of halogens is 1. The van der Waals surface area contributed by atoms with Crippen molar-refractivity contribution in [3.8, 4) is 17.3 Å². The zero-order chi connectivity index (χ0) is 19.3. The number of aromatic nitrogens is 2. The van der Waals surface area contributed by atoms with Crippen LogP contribution < -0.4 is 10.1 Å². The molecule has 28 heavy (non-hydrogen) atoms. The molecule has 0 saturated carbocycles. The molecule has 0 aliphatic heterocycles. The van der Waals surface area contributed by atoms with Gasteiger partial charge in [0.1, 0.15) is 17.7 Å². The summed E-state index contributed by atoms with van der Waals surface area (Å²) >= 11 is 3.47. The number of pyridine rings is 1. The first-order valence-electron chi connectivity index (χ1n) is 9.05. The van der Waals surface area contributed by atoms with E-state index >= 15 is 0 Å². The highest BCUT2D eigenvalue weighted by Crippen LogP contribution is 2.27. The van der Waals surface area contributed by atoms with Crippen LogP contribution in [0.2, 0.25) is 0 Å². The normalized spacial score (nSPS) is 11.1. The van der Waals surface area contributed by atoms with Crippen molar-refractivity contribution in [2.45, 2.75) is 13.0 Å². The Balaban J connectivity index is 1.54. The highest BCUT2D eigenvalue weighted by molar-refractivity contribution is 9.10. The van der Waals surface area contributed by atoms with Crippen LogP contribution in [0.5, 0.6) is 5.75 Å². The Morgan fingerprint density at radius 1 is 1.11 bits per heavy atom. The molecule has 1 N–H and O–H groups in total. The Kier molecular flexibility index (Phi) is 5.69. The van der Waals surface area contributed by atoms with E-state index in [0.29, 0.717) is 12.4 Å². The summed E-state index contributed by atoms with van der Waals surface area (Å²) in [5.41, 5.74) is 3.95. The molecule has 0 unspecified atom stereocenters. The molecule has 0 aliphatic rings. The van der Waals surface area contributed by atoms with Crippen LogP contribution in [0, 0.1) is 0 Å². The van der Waals surface area contributed by atoms with Crippen molar-refractivity contribution in [2.75, 3.05) is 13.7 Å². The maximum atomic E-state index is 5.52. The molecule has 0 radical (unpaired) electrons. The zero-order valence-electron chi connectivity index (χ0n) is 15.5. The highest BCUT2D eigenvalue weighted by Gasteiger charge is 2.13. The van der Waals surface area contributed by atoms with E-state index in [1.807, 2.05) is 18.2 Å². The van der Waals surface area contributed by atoms with Gasteiger partial charge in [0, 0.05) is 22.5 Å². The molecule has 5 nitrogen and oxygen atoms in total. The molecule has 0 aliphatic carbocycles. The molecule has 0 atom stereocenters. The monoisotopic (exact) mass is 437 g/mol. The van der Waals surface area contributed by atoms with Crippen LogP contribution in [0.1, 0.15) is 11.1 Å². The third-order valence-electron chi connectivity index (χ3n) is 4.56. The summed E-state index contributed by atoms with van der Waals surface area (Å²) in [5, 5.41) is 4.56. The number of oxazole rings is 1. The van der Waals surface area contributed by atoms with Gasteiger partial charge in [-0.25, -0.2) is 9.97 Å². The average Bonchev–Trinajstić information content (AvgIpc) is 3.26. The van der Waals surface area contributed by atoms with Crippen molar-refractivity contribution in [1.29, 1.82) is 0 Å². The quantitative estimate of drug-likeness (QED) is 0.412. The summed E-state index contributed by atoms with van der Waals surface area (Å²) in [6, 6.07) is 16.4. The number of hydrogen-bond acceptors (Lipinski definition) is 5. The Bertz CT molecular complexity index is 1060. The zero-order valence-corrected chi connectivity index (χ0v) is 17.1. The van der Waals surface area contributed by atoms with Gasteiger partial charge in [-0.3, -0.25) is 0 Å². The van der Waals surface area contributed by atoms with Gasteiger partial charge in [0.05, 0.1) is 18.8 Å². The van der Waals surface area contributed by atoms with E-state index in [4.69, 9.17) is 14.1 Å². The van der Waals surface area contributed by atoms with E-state index in [1.54, 1.807) is 19.6 Å². The topological polar surface area (TPSA) is 60.2 Å². The third kappa shape index (κ3) is 4.24. The number of nitrogens with one attached hydrogen (secondary N) is 1. The molecule has 4 rings (SSSR count). The van der Waals surface area contributed by atoms with E-state index in [2.05, 4.69) is 56.6 Å². The lowest BCUT2D eigenvalue weighted by Gasteiger charge is -2.11. The van der Waals surface area contributed by atoms with E-state index < -0.39 is 0 Å². The first-order chi connectivity index (χ1) is 13.7. The lowest BCUT2D eigenvalue weighted by atomic mass is 10.1. The van der Waals surface area contributed by atoms with Crippen LogP contribution in [0.3, 0.4) is 0 Å². The van der Waals surface area contributed by atoms with Gasteiger partial charge >= 0.3 is 0 Å². The largest absolute Gasteiger partial charge is 0.497 e. The molecule has 2 aromatic carbocycles. The Morgan fingerprint density at radius 3 is 2.71 bits per heavy atom. The van der Waals surface area contributed by atoms with Crippen molar-refractivity contribution < 1.29 is 9.15 Å². The minimum absolute atomic E-state index is 0.523. The molecule has 0 fully saturated rings. The predicted octanol–water partition coefficient (Wildman–Crippen LogP) is 4.99. The summed E-state index contributed by atoms with van der Waals surface area (Å²) in [7, 11) is 1.65. The van der Waals surface area contributed by atoms with Gasteiger partial charge in [0.25, 0.3) is 0 Å². The molecule has 2 aromatic heterocycles. The van der Waals surface area contributed by atoms with Crippen LogP contribution >= 0.6 is 15.9 Å². The molecule has 142 valence electrons. The SMILES string of the molecule is COc1ccc2cc(CNCCc3ccc(Br)cc3)c(-c3ncco3)nc2c1. The van der Waals surface area contributed by atoms with Crippen LogP contribution in [0.4, 0.5) is 0 Å². The van der Waals surface area contributed by atoms with Crippen molar-refractivity contribution in [3.63, 3.8) is 0 Å². The number of benzene rings is 2. The summed E-state index contributed by atoms with van der Waals surface area (Å²) in [5.74, 6) is 1.30. The second-order valence-electron chi connectivity index (χ2n) is 6.45. The van der Waals surface area contributed by atoms with E-state index in [-0.39, 0.29) is 0 Å². The van der Waals surface area contributed by atoms with Crippen LogP contribution in [0.25, 0.3) is 22.5 Å². The number of hydrogen-bond donors (Lipinski definition) is 1. The molecular weight excluding hydrogens is 418 g/mol. The van der Waals surface area contributed by atoms with Crippen molar-refractivity contribution in [1.82, 2.24) is 15.3 Å². The fourth-order valence-corrected chi connectivity index (χ4v) is 3.35. The fraction of sp³-hybridized carbons (Fsp3) is 0.182. The number of fused-ring (bicyclic) bond motifs is 1. The van der Waals surface area contributed by atoms with Gasteiger partial charge in [-0.15, -0.1) is 0 Å². The Morgan fingerprint density at radius 2 is 1.96 bits per heavy atom. The van der Waals surface area contributed by atoms with Gasteiger partial charge in [0.2, 0.25) is 5.89 Å². The highest BCUT2D eigenvalue weighted by atomic mass is 79.9. The smallest absolute Gasteiger partial charge is 0.245 e. The standard InChI is InChI=1S/C22H20BrN3O2/c1-27-19-7-4-16-12-17(14-24-9-8-15-2-5-18(23)6-3-15)21(26-20(16)13-19)22-25-10-11-28-22/h2-7,10-13,24H,8-9,14H2,1H3. The van der Waals surface area contributed by atoms with Crippen LogP contribution in [-0.2, 0) is 13.0 Å². The van der Waals surface area contributed by atoms with Gasteiger partial charge in [-0.2, -0.15) is 0 Å². The van der Waals surface area contributed by atoms with Gasteiger partial charge in [0.15, 0.2) is 0 Å². The molecular formula is C22H20BrN3O2. The minimum Gasteiger partial charge on any atom is -0.497 e. The molecule has 2 heterocycles. The Hall–Kier alpha value is -2.70. The van der Waals surface area contributed by atoms with Gasteiger partial charge in [-0.05, 0) is 54.4 Å². The van der Waals surface area contributed by atoms with Crippen LogP contribution in [-0.4, -0.2) is 23.6 Å². The molecule has 4 aromatic rings. The molecule has 6 heteroatoms. The predicted molar refractivity (Wildman–Crippen MR) is 113 cm³/mol. The second kappa shape index (κ2) is 8.54. The first-order valence-corrected chi connectivity index (χ1v) is 9.85. The average molecular weight is 438 g/mol.